The first-order valence-electron chi connectivity index (χ1n) is 7.92. The van der Waals surface area contributed by atoms with Crippen LogP contribution in [-0.4, -0.2) is 10.9 Å². The summed E-state index contributed by atoms with van der Waals surface area (Å²) in [6.45, 7) is 1.94. The van der Waals surface area contributed by atoms with Crippen molar-refractivity contribution in [1.29, 1.82) is 10.5 Å². The number of primary amides is 1. The third kappa shape index (κ3) is 2.95. The van der Waals surface area contributed by atoms with E-state index < -0.39 is 5.91 Å². The van der Waals surface area contributed by atoms with Gasteiger partial charge >= 0.3 is 0 Å². The number of rotatable bonds is 4. The van der Waals surface area contributed by atoms with Crippen LogP contribution in [-0.2, 0) is 6.42 Å². The van der Waals surface area contributed by atoms with Gasteiger partial charge in [0.25, 0.3) is 5.91 Å². The highest BCUT2D eigenvalue weighted by Crippen LogP contribution is 2.37. The van der Waals surface area contributed by atoms with Gasteiger partial charge in [-0.05, 0) is 24.1 Å². The third-order valence-electron chi connectivity index (χ3n) is 4.01. The molecule has 1 aromatic carbocycles. The number of amides is 1. The second-order valence-electron chi connectivity index (χ2n) is 5.52. The van der Waals surface area contributed by atoms with Gasteiger partial charge in [0.2, 0.25) is 0 Å². The lowest BCUT2D eigenvalue weighted by Gasteiger charge is -2.06. The second-order valence-corrected chi connectivity index (χ2v) is 6.63. The Labute approximate surface area is 155 Å². The number of carbonyl (C=O) groups excluding carboxylic acids is 1. The number of hydrogen-bond donors (Lipinski definition) is 1. The summed E-state index contributed by atoms with van der Waals surface area (Å²) in [5.74, 6) is -0.540. The minimum absolute atomic E-state index is 0.390. The molecule has 0 atom stereocenters. The average molecular weight is 358 g/mol. The number of aromatic nitrogens is 1. The van der Waals surface area contributed by atoms with Gasteiger partial charge in [-0.1, -0.05) is 31.2 Å². The molecule has 0 aliphatic rings. The maximum atomic E-state index is 11.8. The van der Waals surface area contributed by atoms with E-state index in [1.165, 1.54) is 11.3 Å². The first kappa shape index (κ1) is 17.3. The molecule has 0 aliphatic heterocycles. The molecule has 1 amide bonds. The van der Waals surface area contributed by atoms with Gasteiger partial charge in [0.15, 0.2) is 0 Å². The first-order chi connectivity index (χ1) is 12.6. The second kappa shape index (κ2) is 7.18. The van der Waals surface area contributed by atoms with Crippen LogP contribution in [0.15, 0.2) is 42.6 Å². The Hall–Kier alpha value is -3.48. The summed E-state index contributed by atoms with van der Waals surface area (Å²) in [6.07, 6.45) is 2.29. The zero-order valence-corrected chi connectivity index (χ0v) is 14.8. The molecule has 0 bridgehead atoms. The Morgan fingerprint density at radius 3 is 2.42 bits per heavy atom. The lowest BCUT2D eigenvalue weighted by molar-refractivity contribution is 0.100. The highest BCUT2D eigenvalue weighted by atomic mass is 32.1. The molecule has 2 heterocycles. The Balaban J connectivity index is 2.13. The van der Waals surface area contributed by atoms with Crippen molar-refractivity contribution in [3.63, 3.8) is 0 Å². The number of carbonyl (C=O) groups is 1. The molecular weight excluding hydrogens is 344 g/mol. The molecule has 3 aromatic rings. The monoisotopic (exact) mass is 358 g/mol. The molecule has 0 fully saturated rings. The Morgan fingerprint density at radius 2 is 1.85 bits per heavy atom. The fourth-order valence-electron chi connectivity index (χ4n) is 2.81. The number of aryl methyl sites for hydroxylation is 1. The fraction of sp³-hybridized carbons (Fsp3) is 0.100. The Morgan fingerprint density at radius 1 is 1.15 bits per heavy atom. The summed E-state index contributed by atoms with van der Waals surface area (Å²) in [7, 11) is 0. The van der Waals surface area contributed by atoms with E-state index in [2.05, 4.69) is 17.1 Å². The van der Waals surface area contributed by atoms with E-state index in [9.17, 15) is 15.3 Å². The lowest BCUT2D eigenvalue weighted by Crippen LogP contribution is -2.10. The average Bonchev–Trinajstić information content (AvgIpc) is 3.07. The molecular formula is C20H14N4OS. The van der Waals surface area contributed by atoms with Crippen LogP contribution in [0.5, 0.6) is 0 Å². The minimum atomic E-state index is -0.540. The number of thiophene rings is 1. The van der Waals surface area contributed by atoms with Crippen molar-refractivity contribution in [2.45, 2.75) is 13.3 Å². The molecule has 0 saturated heterocycles. The third-order valence-corrected chi connectivity index (χ3v) is 5.36. The van der Waals surface area contributed by atoms with Crippen molar-refractivity contribution in [3.05, 3.63) is 63.5 Å². The van der Waals surface area contributed by atoms with E-state index in [1.807, 2.05) is 31.2 Å². The molecule has 0 aliphatic carbocycles. The zero-order chi connectivity index (χ0) is 18.7. The zero-order valence-electron chi connectivity index (χ0n) is 14.0. The van der Waals surface area contributed by atoms with Crippen molar-refractivity contribution in [1.82, 2.24) is 4.98 Å². The summed E-state index contributed by atoms with van der Waals surface area (Å²) in [5.41, 5.74) is 9.20. The van der Waals surface area contributed by atoms with Gasteiger partial charge in [-0.25, -0.2) is 0 Å². The summed E-state index contributed by atoms with van der Waals surface area (Å²) in [6, 6.07) is 15.0. The normalized spacial score (nSPS) is 10.1. The molecule has 0 saturated carbocycles. The van der Waals surface area contributed by atoms with Crippen molar-refractivity contribution < 1.29 is 4.79 Å². The standard InChI is InChI=1S/C20H14N4OS/c1-2-16-15(11-22)17(19(26-16)20(23)25)12-5-7-13(8-6-12)18-14(10-21)4-3-9-24-18/h3-9H,2H2,1H3,(H2,23,25). The van der Waals surface area contributed by atoms with Crippen LogP contribution in [0.25, 0.3) is 22.4 Å². The quantitative estimate of drug-likeness (QED) is 0.764. The van der Waals surface area contributed by atoms with E-state index in [-0.39, 0.29) is 0 Å². The molecule has 2 aromatic heterocycles. The van der Waals surface area contributed by atoms with Crippen LogP contribution in [0.1, 0.15) is 32.6 Å². The van der Waals surface area contributed by atoms with Crippen LogP contribution >= 0.6 is 11.3 Å². The topological polar surface area (TPSA) is 104 Å². The maximum absolute atomic E-state index is 11.8. The molecule has 0 spiro atoms. The van der Waals surface area contributed by atoms with Gasteiger partial charge in [-0.2, -0.15) is 10.5 Å². The largest absolute Gasteiger partial charge is 0.365 e. The highest BCUT2D eigenvalue weighted by Gasteiger charge is 2.22. The van der Waals surface area contributed by atoms with E-state index >= 15 is 0 Å². The van der Waals surface area contributed by atoms with Crippen LogP contribution in [0, 0.1) is 22.7 Å². The number of nitrogens with two attached hydrogens (primary N) is 1. The first-order valence-corrected chi connectivity index (χ1v) is 8.73. The Kier molecular flexibility index (Phi) is 4.79. The number of hydrogen-bond acceptors (Lipinski definition) is 5. The van der Waals surface area contributed by atoms with Crippen molar-refractivity contribution >= 4 is 17.2 Å². The van der Waals surface area contributed by atoms with Gasteiger partial charge in [0.1, 0.15) is 17.0 Å². The van der Waals surface area contributed by atoms with Gasteiger partial charge < -0.3 is 5.73 Å². The van der Waals surface area contributed by atoms with E-state index in [0.717, 1.165) is 16.0 Å². The van der Waals surface area contributed by atoms with Gasteiger partial charge in [-0.3, -0.25) is 9.78 Å². The molecule has 5 nitrogen and oxygen atoms in total. The highest BCUT2D eigenvalue weighted by molar-refractivity contribution is 7.14. The summed E-state index contributed by atoms with van der Waals surface area (Å²) < 4.78 is 0. The van der Waals surface area contributed by atoms with Crippen LogP contribution < -0.4 is 5.73 Å². The molecule has 3 rings (SSSR count). The van der Waals surface area contributed by atoms with Gasteiger partial charge in [0.05, 0.1) is 16.8 Å². The number of pyridine rings is 1. The van der Waals surface area contributed by atoms with E-state index in [4.69, 9.17) is 5.73 Å². The number of nitrogens with zero attached hydrogens (tertiary/aromatic N) is 3. The lowest BCUT2D eigenvalue weighted by atomic mass is 9.97. The Bertz CT molecular complexity index is 1070. The molecule has 0 radical (unpaired) electrons. The van der Waals surface area contributed by atoms with Crippen molar-refractivity contribution in [2.75, 3.05) is 0 Å². The van der Waals surface area contributed by atoms with E-state index in [1.54, 1.807) is 18.3 Å². The van der Waals surface area contributed by atoms with Crippen LogP contribution in [0.4, 0.5) is 0 Å². The van der Waals surface area contributed by atoms with Crippen molar-refractivity contribution in [3.8, 4) is 34.5 Å². The molecule has 2 N–H and O–H groups in total. The predicted molar refractivity (Wildman–Crippen MR) is 100 cm³/mol. The minimum Gasteiger partial charge on any atom is -0.365 e. The summed E-state index contributed by atoms with van der Waals surface area (Å²) in [5, 5.41) is 18.8. The van der Waals surface area contributed by atoms with Gasteiger partial charge in [0, 0.05) is 22.2 Å². The SMILES string of the molecule is CCc1sc(C(N)=O)c(-c2ccc(-c3ncccc3C#N)cc2)c1C#N. The molecule has 26 heavy (non-hydrogen) atoms. The molecule has 126 valence electrons. The molecule has 0 unspecified atom stereocenters. The predicted octanol–water partition coefficient (Wildman–Crippen LogP) is 3.88. The van der Waals surface area contributed by atoms with E-state index in [0.29, 0.717) is 33.7 Å². The smallest absolute Gasteiger partial charge is 0.259 e. The van der Waals surface area contributed by atoms with Crippen LogP contribution in [0.2, 0.25) is 0 Å². The van der Waals surface area contributed by atoms with Gasteiger partial charge in [-0.15, -0.1) is 11.3 Å². The van der Waals surface area contributed by atoms with Crippen LogP contribution in [0.3, 0.4) is 0 Å². The maximum Gasteiger partial charge on any atom is 0.259 e. The fourth-order valence-corrected chi connectivity index (χ4v) is 3.88. The number of nitriles is 2. The molecule has 6 heteroatoms. The summed E-state index contributed by atoms with van der Waals surface area (Å²) in [4.78, 5) is 17.3. The van der Waals surface area contributed by atoms with Crippen molar-refractivity contribution in [2.24, 2.45) is 5.73 Å². The number of benzene rings is 1. The summed E-state index contributed by atoms with van der Waals surface area (Å²) >= 11 is 1.27.